The summed E-state index contributed by atoms with van der Waals surface area (Å²) in [6.45, 7) is 1.87. The molecule has 2 heterocycles. The molecular formula is C16H18F2N4OS. The number of carbonyl (C=O) groups is 1. The fraction of sp³-hybridized carbons (Fsp3) is 0.375. The van der Waals surface area contributed by atoms with Crippen molar-refractivity contribution in [2.45, 2.75) is 29.5 Å². The van der Waals surface area contributed by atoms with E-state index >= 15 is 0 Å². The van der Waals surface area contributed by atoms with Gasteiger partial charge in [-0.25, -0.2) is 0 Å². The maximum Gasteiger partial charge on any atom is 0.288 e. The van der Waals surface area contributed by atoms with Crippen LogP contribution in [-0.2, 0) is 0 Å². The second-order valence-electron chi connectivity index (χ2n) is 5.54. The minimum absolute atomic E-state index is 0.269. The number of piperidine rings is 1. The number of rotatable bonds is 5. The van der Waals surface area contributed by atoms with E-state index in [4.69, 9.17) is 0 Å². The van der Waals surface area contributed by atoms with E-state index in [-0.39, 0.29) is 11.9 Å². The van der Waals surface area contributed by atoms with Crippen molar-refractivity contribution < 1.29 is 13.6 Å². The Morgan fingerprint density at radius 1 is 1.33 bits per heavy atom. The van der Waals surface area contributed by atoms with Gasteiger partial charge in [-0.05, 0) is 49.7 Å². The quantitative estimate of drug-likeness (QED) is 0.810. The SMILES string of the molecule is O=C(Nc1ccc(SC(F)F)cc1)c1ccn(C2CCCNC2)n1. The Kier molecular flexibility index (Phi) is 5.47. The van der Waals surface area contributed by atoms with Gasteiger partial charge in [-0.3, -0.25) is 9.48 Å². The molecule has 3 rings (SSSR count). The molecule has 0 saturated carbocycles. The van der Waals surface area contributed by atoms with Crippen molar-refractivity contribution in [2.75, 3.05) is 18.4 Å². The van der Waals surface area contributed by atoms with Crippen molar-refractivity contribution in [1.29, 1.82) is 0 Å². The molecule has 1 saturated heterocycles. The summed E-state index contributed by atoms with van der Waals surface area (Å²) in [5.41, 5.74) is 0.888. The van der Waals surface area contributed by atoms with E-state index < -0.39 is 5.76 Å². The number of benzene rings is 1. The number of nitrogens with zero attached hydrogens (tertiary/aromatic N) is 2. The molecule has 0 bridgehead atoms. The average Bonchev–Trinajstić information content (AvgIpc) is 3.07. The van der Waals surface area contributed by atoms with Gasteiger partial charge >= 0.3 is 0 Å². The van der Waals surface area contributed by atoms with Gasteiger partial charge in [-0.15, -0.1) is 0 Å². The molecule has 2 aromatic rings. The highest BCUT2D eigenvalue weighted by atomic mass is 32.2. The van der Waals surface area contributed by atoms with E-state index in [0.29, 0.717) is 28.0 Å². The van der Waals surface area contributed by atoms with E-state index in [9.17, 15) is 13.6 Å². The van der Waals surface area contributed by atoms with Crippen LogP contribution >= 0.6 is 11.8 Å². The average molecular weight is 352 g/mol. The third-order valence-corrected chi connectivity index (χ3v) is 4.55. The summed E-state index contributed by atoms with van der Waals surface area (Å²) >= 11 is 0.474. The highest BCUT2D eigenvalue weighted by Gasteiger charge is 2.17. The van der Waals surface area contributed by atoms with Gasteiger partial charge in [0, 0.05) is 23.3 Å². The third kappa shape index (κ3) is 4.33. The molecule has 0 spiro atoms. The van der Waals surface area contributed by atoms with Crippen molar-refractivity contribution in [3.63, 3.8) is 0 Å². The minimum Gasteiger partial charge on any atom is -0.321 e. The Bertz CT molecular complexity index is 684. The summed E-state index contributed by atoms with van der Waals surface area (Å²) in [6, 6.07) is 8.27. The monoisotopic (exact) mass is 352 g/mol. The van der Waals surface area contributed by atoms with Crippen molar-refractivity contribution in [2.24, 2.45) is 0 Å². The number of anilines is 1. The molecule has 1 aromatic carbocycles. The first kappa shape index (κ1) is 16.9. The normalized spacial score (nSPS) is 17.9. The zero-order chi connectivity index (χ0) is 16.9. The highest BCUT2D eigenvalue weighted by molar-refractivity contribution is 7.99. The lowest BCUT2D eigenvalue weighted by molar-refractivity contribution is 0.102. The van der Waals surface area contributed by atoms with Gasteiger partial charge in [0.15, 0.2) is 5.69 Å². The van der Waals surface area contributed by atoms with Crippen molar-refractivity contribution in [1.82, 2.24) is 15.1 Å². The van der Waals surface area contributed by atoms with E-state index in [2.05, 4.69) is 15.7 Å². The number of alkyl halides is 2. The molecule has 1 unspecified atom stereocenters. The lowest BCUT2D eigenvalue weighted by Gasteiger charge is -2.22. The van der Waals surface area contributed by atoms with Gasteiger partial charge in [0.05, 0.1) is 6.04 Å². The fourth-order valence-corrected chi connectivity index (χ4v) is 3.14. The first-order chi connectivity index (χ1) is 11.6. The summed E-state index contributed by atoms with van der Waals surface area (Å²) in [7, 11) is 0. The molecule has 1 aliphatic heterocycles. The zero-order valence-corrected chi connectivity index (χ0v) is 13.7. The van der Waals surface area contributed by atoms with Crippen LogP contribution in [0.5, 0.6) is 0 Å². The third-order valence-electron chi connectivity index (χ3n) is 3.82. The van der Waals surface area contributed by atoms with Gasteiger partial charge < -0.3 is 10.6 Å². The van der Waals surface area contributed by atoms with Gasteiger partial charge in [0.2, 0.25) is 0 Å². The van der Waals surface area contributed by atoms with E-state index in [1.54, 1.807) is 30.3 Å². The van der Waals surface area contributed by atoms with Crippen molar-refractivity contribution in [3.05, 3.63) is 42.2 Å². The lowest BCUT2D eigenvalue weighted by Crippen LogP contribution is -2.32. The highest BCUT2D eigenvalue weighted by Crippen LogP contribution is 2.26. The minimum atomic E-state index is -2.45. The van der Waals surface area contributed by atoms with E-state index in [0.717, 1.165) is 25.9 Å². The van der Waals surface area contributed by atoms with E-state index in [1.807, 2.05) is 10.9 Å². The first-order valence-corrected chi connectivity index (χ1v) is 8.62. The number of hydrogen-bond acceptors (Lipinski definition) is 4. The zero-order valence-electron chi connectivity index (χ0n) is 12.9. The maximum absolute atomic E-state index is 12.3. The van der Waals surface area contributed by atoms with Crippen molar-refractivity contribution >= 4 is 23.4 Å². The van der Waals surface area contributed by atoms with E-state index in [1.165, 1.54) is 0 Å². The topological polar surface area (TPSA) is 59.0 Å². The lowest BCUT2D eigenvalue weighted by atomic mass is 10.1. The largest absolute Gasteiger partial charge is 0.321 e. The Morgan fingerprint density at radius 2 is 2.12 bits per heavy atom. The number of thioether (sulfide) groups is 1. The Labute approximate surface area is 142 Å². The fourth-order valence-electron chi connectivity index (χ4n) is 2.64. The Balaban J connectivity index is 1.61. The van der Waals surface area contributed by atoms with Crippen LogP contribution in [0.15, 0.2) is 41.4 Å². The number of aromatic nitrogens is 2. The molecule has 0 aliphatic carbocycles. The summed E-state index contributed by atoms with van der Waals surface area (Å²) < 4.78 is 26.4. The van der Waals surface area contributed by atoms with Crippen LogP contribution in [0.4, 0.5) is 14.5 Å². The summed E-state index contributed by atoms with van der Waals surface area (Å²) in [4.78, 5) is 12.7. The Hall–Kier alpha value is -1.93. The number of amides is 1. The number of hydrogen-bond donors (Lipinski definition) is 2. The Morgan fingerprint density at radius 3 is 2.79 bits per heavy atom. The van der Waals surface area contributed by atoms with Crippen LogP contribution in [0.25, 0.3) is 0 Å². The summed E-state index contributed by atoms with van der Waals surface area (Å²) in [5.74, 6) is -2.77. The van der Waals surface area contributed by atoms with Crippen LogP contribution in [0.2, 0.25) is 0 Å². The van der Waals surface area contributed by atoms with Crippen LogP contribution in [0.1, 0.15) is 29.4 Å². The summed E-state index contributed by atoms with van der Waals surface area (Å²) in [6.07, 6.45) is 3.95. The second-order valence-corrected chi connectivity index (χ2v) is 6.60. The molecule has 1 fully saturated rings. The van der Waals surface area contributed by atoms with Crippen LogP contribution in [0, 0.1) is 0 Å². The molecule has 1 amide bonds. The number of carbonyl (C=O) groups excluding carboxylic acids is 1. The predicted octanol–water partition coefficient (Wildman–Crippen LogP) is 3.37. The maximum atomic E-state index is 12.3. The predicted molar refractivity (Wildman–Crippen MR) is 89.6 cm³/mol. The molecule has 5 nitrogen and oxygen atoms in total. The molecule has 8 heteroatoms. The van der Waals surface area contributed by atoms with Gasteiger partial charge in [0.1, 0.15) is 0 Å². The molecule has 128 valence electrons. The first-order valence-electron chi connectivity index (χ1n) is 7.74. The van der Waals surface area contributed by atoms with Gasteiger partial charge in [0.25, 0.3) is 11.7 Å². The molecule has 2 N–H and O–H groups in total. The number of nitrogens with one attached hydrogen (secondary N) is 2. The number of halogens is 2. The van der Waals surface area contributed by atoms with Crippen LogP contribution in [-0.4, -0.2) is 34.5 Å². The van der Waals surface area contributed by atoms with Crippen LogP contribution < -0.4 is 10.6 Å². The molecule has 1 aliphatic rings. The molecule has 1 aromatic heterocycles. The van der Waals surface area contributed by atoms with Gasteiger partial charge in [-0.1, -0.05) is 11.8 Å². The van der Waals surface area contributed by atoms with Crippen LogP contribution in [0.3, 0.4) is 0 Å². The molecule has 1 atom stereocenters. The molecule has 24 heavy (non-hydrogen) atoms. The summed E-state index contributed by atoms with van der Waals surface area (Å²) in [5, 5.41) is 10.4. The standard InChI is InChI=1S/C16H18F2N4OS/c17-16(18)24-13-5-3-11(4-6-13)20-15(23)14-7-9-22(21-14)12-2-1-8-19-10-12/h3-7,9,12,16,19H,1-2,8,10H2,(H,20,23). The molecular weight excluding hydrogens is 334 g/mol. The van der Waals surface area contributed by atoms with Gasteiger partial charge in [-0.2, -0.15) is 13.9 Å². The second kappa shape index (κ2) is 7.76. The smallest absolute Gasteiger partial charge is 0.288 e. The van der Waals surface area contributed by atoms with Crippen molar-refractivity contribution in [3.8, 4) is 0 Å². The molecule has 0 radical (unpaired) electrons.